The van der Waals surface area contributed by atoms with E-state index < -0.39 is 9.84 Å². The van der Waals surface area contributed by atoms with Gasteiger partial charge in [0.25, 0.3) is 10.7 Å². The molecule has 1 aliphatic heterocycles. The molecule has 0 radical (unpaired) electrons. The van der Waals surface area contributed by atoms with Crippen molar-refractivity contribution in [2.45, 2.75) is 24.0 Å². The van der Waals surface area contributed by atoms with E-state index in [9.17, 15) is 13.2 Å². The van der Waals surface area contributed by atoms with Gasteiger partial charge < -0.3 is 4.90 Å². The van der Waals surface area contributed by atoms with Gasteiger partial charge in [-0.05, 0) is 31.0 Å². The van der Waals surface area contributed by atoms with Gasteiger partial charge in [0.2, 0.25) is 15.8 Å². The van der Waals surface area contributed by atoms with Crippen molar-refractivity contribution in [2.24, 2.45) is 0 Å². The van der Waals surface area contributed by atoms with Crippen molar-refractivity contribution in [3.63, 3.8) is 0 Å². The zero-order valence-electron chi connectivity index (χ0n) is 18.5. The first-order valence-corrected chi connectivity index (χ1v) is 13.1. The predicted octanol–water partition coefficient (Wildman–Crippen LogP) is 2.32. The van der Waals surface area contributed by atoms with E-state index in [4.69, 9.17) is 16.7 Å². The highest BCUT2D eigenvalue weighted by Gasteiger charge is 2.35. The van der Waals surface area contributed by atoms with Crippen LogP contribution >= 0.6 is 11.6 Å². The Labute approximate surface area is 204 Å². The maximum Gasteiger partial charge on any atom is 0.284 e. The van der Waals surface area contributed by atoms with E-state index in [2.05, 4.69) is 15.1 Å². The Balaban J connectivity index is 1.60. The second-order valence-corrected chi connectivity index (χ2v) is 10.6. The fraction of sp³-hybridized carbons (Fsp3) is 0.227. The van der Waals surface area contributed by atoms with Gasteiger partial charge in [0.1, 0.15) is 5.52 Å². The lowest BCUT2D eigenvalue weighted by Crippen LogP contribution is -2.34. The minimum atomic E-state index is -3.67. The summed E-state index contributed by atoms with van der Waals surface area (Å²) in [5.74, 6) is 0.806. The Hall–Kier alpha value is -3.77. The van der Waals surface area contributed by atoms with Crippen LogP contribution in [0.5, 0.6) is 0 Å². The molecular formula is C22H19ClN8O3S. The molecule has 0 saturated carbocycles. The van der Waals surface area contributed by atoms with Gasteiger partial charge in [-0.1, -0.05) is 29.8 Å². The Morgan fingerprint density at radius 2 is 1.89 bits per heavy atom. The number of sulfone groups is 1. The van der Waals surface area contributed by atoms with E-state index in [1.54, 1.807) is 22.9 Å². The molecule has 178 valence electrons. The molecule has 0 amide bonds. The Kier molecular flexibility index (Phi) is 4.90. The van der Waals surface area contributed by atoms with Crippen LogP contribution < -0.4 is 10.5 Å². The van der Waals surface area contributed by atoms with Crippen molar-refractivity contribution >= 4 is 38.6 Å². The van der Waals surface area contributed by atoms with Crippen molar-refractivity contribution in [3.8, 4) is 5.69 Å². The van der Waals surface area contributed by atoms with Crippen LogP contribution in [0.25, 0.3) is 16.9 Å². The molecule has 0 spiro atoms. The summed E-state index contributed by atoms with van der Waals surface area (Å²) in [6.07, 6.45) is 5.70. The van der Waals surface area contributed by atoms with Crippen molar-refractivity contribution in [3.05, 3.63) is 76.1 Å². The number of para-hydroxylation sites is 1. The molecule has 35 heavy (non-hydrogen) atoms. The van der Waals surface area contributed by atoms with E-state index in [1.165, 1.54) is 15.2 Å². The molecule has 5 heterocycles. The van der Waals surface area contributed by atoms with Gasteiger partial charge in [-0.3, -0.25) is 9.36 Å². The smallest absolute Gasteiger partial charge is 0.284 e. The number of anilines is 1. The molecule has 0 N–H and O–H groups in total. The van der Waals surface area contributed by atoms with Gasteiger partial charge >= 0.3 is 0 Å². The fourth-order valence-corrected chi connectivity index (χ4v) is 5.24. The quantitative estimate of drug-likeness (QED) is 0.361. The number of fused-ring (bicyclic) bond motifs is 2. The third-order valence-corrected chi connectivity index (χ3v) is 7.19. The largest absolute Gasteiger partial charge is 0.330 e. The molecule has 1 aliphatic rings. The van der Waals surface area contributed by atoms with Crippen molar-refractivity contribution in [1.29, 1.82) is 0 Å². The summed E-state index contributed by atoms with van der Waals surface area (Å²) in [6.45, 7) is 0.564. The number of hydrogen-bond acceptors (Lipinski definition) is 8. The Bertz CT molecular complexity index is 1760. The normalized spacial score (nSPS) is 16.5. The summed E-state index contributed by atoms with van der Waals surface area (Å²) < 4.78 is 29.2. The number of rotatable bonds is 4. The third kappa shape index (κ3) is 3.48. The molecule has 11 nitrogen and oxygen atoms in total. The van der Waals surface area contributed by atoms with Crippen LogP contribution in [-0.4, -0.2) is 55.0 Å². The van der Waals surface area contributed by atoms with Gasteiger partial charge in [0.05, 0.1) is 22.9 Å². The van der Waals surface area contributed by atoms with Crippen molar-refractivity contribution in [1.82, 2.24) is 33.8 Å². The lowest BCUT2D eigenvalue weighted by Gasteiger charge is -2.27. The molecule has 5 aromatic rings. The highest BCUT2D eigenvalue weighted by Crippen LogP contribution is 2.35. The molecule has 4 aromatic heterocycles. The zero-order valence-corrected chi connectivity index (χ0v) is 20.1. The second-order valence-electron chi connectivity index (χ2n) is 8.32. The number of nitrogens with zero attached hydrogens (tertiary/aromatic N) is 8. The fourth-order valence-electron chi connectivity index (χ4n) is 4.51. The molecule has 0 bridgehead atoms. The van der Waals surface area contributed by atoms with Gasteiger partial charge in [-0.15, -0.1) is 0 Å². The molecule has 0 aliphatic carbocycles. The third-order valence-electron chi connectivity index (χ3n) is 6.03. The van der Waals surface area contributed by atoms with Crippen LogP contribution in [0.3, 0.4) is 0 Å². The average molecular weight is 511 g/mol. The van der Waals surface area contributed by atoms with Crippen LogP contribution in [0.15, 0.2) is 64.8 Å². The van der Waals surface area contributed by atoms with Gasteiger partial charge in [0.15, 0.2) is 11.5 Å². The number of aromatic nitrogens is 7. The van der Waals surface area contributed by atoms with Gasteiger partial charge in [-0.25, -0.2) is 12.9 Å². The summed E-state index contributed by atoms with van der Waals surface area (Å²) in [5, 5.41) is 9.13. The lowest BCUT2D eigenvalue weighted by atomic mass is 10.2. The molecule has 0 unspecified atom stereocenters. The zero-order chi connectivity index (χ0) is 24.3. The minimum Gasteiger partial charge on any atom is -0.330 e. The van der Waals surface area contributed by atoms with Crippen molar-refractivity contribution in [2.75, 3.05) is 17.7 Å². The molecule has 6 rings (SSSR count). The first-order chi connectivity index (χ1) is 16.8. The molecule has 1 aromatic carbocycles. The Morgan fingerprint density at radius 1 is 1.09 bits per heavy atom. The van der Waals surface area contributed by atoms with E-state index in [-0.39, 0.29) is 22.3 Å². The highest BCUT2D eigenvalue weighted by molar-refractivity contribution is 7.90. The number of halogens is 1. The molecule has 1 atom stereocenters. The summed E-state index contributed by atoms with van der Waals surface area (Å²) in [4.78, 5) is 24.1. The predicted molar refractivity (Wildman–Crippen MR) is 129 cm³/mol. The van der Waals surface area contributed by atoms with Crippen LogP contribution in [-0.2, 0) is 9.84 Å². The van der Waals surface area contributed by atoms with E-state index in [0.29, 0.717) is 41.1 Å². The van der Waals surface area contributed by atoms with E-state index in [0.717, 1.165) is 12.7 Å². The standard InChI is InChI=1S/C22H19ClN8O3S/c1-35(33,34)21-25-17-9-11-24-31(17)22(26-21)28-12-5-8-16(28)19-27-29-13-10-15(23)18(29)20(32)30(19)14-6-3-2-4-7-14/h2-4,6-7,9-11,13,16H,5,8,12H2,1H3/t16-/m0/s1. The number of benzene rings is 1. The van der Waals surface area contributed by atoms with Crippen LogP contribution in [0.4, 0.5) is 5.95 Å². The van der Waals surface area contributed by atoms with Crippen LogP contribution in [0.1, 0.15) is 24.7 Å². The summed E-state index contributed by atoms with van der Waals surface area (Å²) in [5.41, 5.74) is 0.990. The molecule has 1 fully saturated rings. The van der Waals surface area contributed by atoms with Gasteiger partial charge in [0, 0.05) is 25.1 Å². The monoisotopic (exact) mass is 510 g/mol. The SMILES string of the molecule is CS(=O)(=O)c1nc(N2CCC[C@H]2c2nn3ccc(Cl)c3c(=O)n2-c2ccccc2)n2nccc2n1. The first kappa shape index (κ1) is 21.7. The summed E-state index contributed by atoms with van der Waals surface area (Å²) in [7, 11) is -3.67. The average Bonchev–Trinajstić information content (AvgIpc) is 3.58. The minimum absolute atomic E-state index is 0.277. The number of hydrogen-bond donors (Lipinski definition) is 0. The Morgan fingerprint density at radius 3 is 2.66 bits per heavy atom. The molecular weight excluding hydrogens is 492 g/mol. The van der Waals surface area contributed by atoms with Crippen LogP contribution in [0.2, 0.25) is 5.02 Å². The molecule has 13 heteroatoms. The second kappa shape index (κ2) is 7.89. The van der Waals surface area contributed by atoms with Gasteiger partial charge in [-0.2, -0.15) is 24.7 Å². The maximum atomic E-state index is 13.7. The topological polar surface area (TPSA) is 120 Å². The summed E-state index contributed by atoms with van der Waals surface area (Å²) >= 11 is 6.32. The highest BCUT2D eigenvalue weighted by atomic mass is 35.5. The summed E-state index contributed by atoms with van der Waals surface area (Å²) in [6, 6.07) is 12.1. The van der Waals surface area contributed by atoms with Crippen molar-refractivity contribution < 1.29 is 8.42 Å². The van der Waals surface area contributed by atoms with E-state index >= 15 is 0 Å². The van der Waals surface area contributed by atoms with E-state index in [1.807, 2.05) is 35.2 Å². The maximum absolute atomic E-state index is 13.7. The molecule has 1 saturated heterocycles. The van der Waals surface area contributed by atoms with Crippen LogP contribution in [0, 0.1) is 0 Å². The lowest BCUT2D eigenvalue weighted by molar-refractivity contribution is 0.578. The first-order valence-electron chi connectivity index (χ1n) is 10.9.